The average Bonchev–Trinajstić information content (AvgIpc) is 3.34. The fourth-order valence-electron chi connectivity index (χ4n) is 3.12. The molecule has 0 aliphatic carbocycles. The molecule has 27 heavy (non-hydrogen) atoms. The maximum absolute atomic E-state index is 12.5. The van der Waals surface area contributed by atoms with Crippen LogP contribution in [-0.2, 0) is 17.8 Å². The van der Waals surface area contributed by atoms with Crippen LogP contribution in [0.1, 0.15) is 12.1 Å². The Hall–Kier alpha value is -2.99. The molecule has 0 spiro atoms. The molecule has 4 aromatic heterocycles. The number of amides is 1. The first-order valence-electron chi connectivity index (χ1n) is 8.96. The number of hydrogen-bond donors (Lipinski definition) is 1. The lowest BCUT2D eigenvalue weighted by Gasteiger charge is -2.10. The summed E-state index contributed by atoms with van der Waals surface area (Å²) in [5.74, 6) is -0.00280. The van der Waals surface area contributed by atoms with Gasteiger partial charge >= 0.3 is 0 Å². The highest BCUT2D eigenvalue weighted by Crippen LogP contribution is 2.30. The van der Waals surface area contributed by atoms with E-state index in [1.807, 2.05) is 46.3 Å². The van der Waals surface area contributed by atoms with E-state index < -0.39 is 0 Å². The van der Waals surface area contributed by atoms with Gasteiger partial charge in [-0.2, -0.15) is 0 Å². The van der Waals surface area contributed by atoms with Crippen molar-refractivity contribution in [1.29, 1.82) is 0 Å². The standard InChI is InChI=1S/C21H20N4OS/c26-20(23-11-4-8-17-7-1-2-10-22-17)15-25-18(19-9-5-13-27-19)14-16-6-3-12-24-21(16)25/h1-3,5-7,9-10,12-14H,4,8,11,15H2,(H,23,26). The molecule has 5 nitrogen and oxygen atoms in total. The summed E-state index contributed by atoms with van der Waals surface area (Å²) in [5.41, 5.74) is 2.92. The number of aryl methyl sites for hydroxylation is 1. The summed E-state index contributed by atoms with van der Waals surface area (Å²) in [6, 6.07) is 16.0. The fraction of sp³-hybridized carbons (Fsp3) is 0.190. The largest absolute Gasteiger partial charge is 0.355 e. The number of pyridine rings is 2. The molecule has 6 heteroatoms. The zero-order valence-corrected chi connectivity index (χ0v) is 15.7. The van der Waals surface area contributed by atoms with Gasteiger partial charge in [-0.1, -0.05) is 12.1 Å². The molecule has 4 aromatic rings. The topological polar surface area (TPSA) is 59.8 Å². The molecular formula is C21H20N4OS. The van der Waals surface area contributed by atoms with Gasteiger partial charge in [0.05, 0.1) is 10.6 Å². The van der Waals surface area contributed by atoms with E-state index in [1.165, 1.54) is 0 Å². The minimum Gasteiger partial charge on any atom is -0.355 e. The van der Waals surface area contributed by atoms with E-state index >= 15 is 0 Å². The van der Waals surface area contributed by atoms with Gasteiger partial charge in [-0.15, -0.1) is 11.3 Å². The van der Waals surface area contributed by atoms with Crippen LogP contribution in [-0.4, -0.2) is 27.0 Å². The van der Waals surface area contributed by atoms with Crippen LogP contribution in [0, 0.1) is 0 Å². The molecule has 4 heterocycles. The number of carbonyl (C=O) groups excluding carboxylic acids is 1. The van der Waals surface area contributed by atoms with Crippen LogP contribution in [0.15, 0.2) is 66.3 Å². The molecule has 0 atom stereocenters. The van der Waals surface area contributed by atoms with E-state index in [0.29, 0.717) is 6.54 Å². The van der Waals surface area contributed by atoms with Gasteiger partial charge in [0.15, 0.2) is 0 Å². The van der Waals surface area contributed by atoms with Gasteiger partial charge in [0, 0.05) is 30.0 Å². The van der Waals surface area contributed by atoms with Crippen molar-refractivity contribution in [2.24, 2.45) is 0 Å². The van der Waals surface area contributed by atoms with E-state index in [0.717, 1.165) is 40.1 Å². The van der Waals surface area contributed by atoms with Crippen LogP contribution in [0.25, 0.3) is 21.6 Å². The predicted molar refractivity (Wildman–Crippen MR) is 109 cm³/mol. The molecule has 1 N–H and O–H groups in total. The number of carbonyl (C=O) groups is 1. The predicted octanol–water partition coefficient (Wildman–Crippen LogP) is 3.91. The minimum atomic E-state index is -0.00280. The lowest BCUT2D eigenvalue weighted by Crippen LogP contribution is -2.29. The zero-order valence-electron chi connectivity index (χ0n) is 14.8. The lowest BCUT2D eigenvalue weighted by molar-refractivity contribution is -0.121. The van der Waals surface area contributed by atoms with Gasteiger partial charge in [0.25, 0.3) is 0 Å². The number of hydrogen-bond acceptors (Lipinski definition) is 4. The molecule has 0 radical (unpaired) electrons. The van der Waals surface area contributed by atoms with Gasteiger partial charge in [0.2, 0.25) is 5.91 Å². The number of nitrogens with zero attached hydrogens (tertiary/aromatic N) is 3. The van der Waals surface area contributed by atoms with Crippen molar-refractivity contribution in [3.8, 4) is 10.6 Å². The molecule has 0 saturated carbocycles. The molecule has 0 fully saturated rings. The summed E-state index contributed by atoms with van der Waals surface area (Å²) in [7, 11) is 0. The average molecular weight is 376 g/mol. The lowest BCUT2D eigenvalue weighted by atomic mass is 10.2. The van der Waals surface area contributed by atoms with Crippen molar-refractivity contribution >= 4 is 28.3 Å². The molecule has 1 amide bonds. The fourth-order valence-corrected chi connectivity index (χ4v) is 3.87. The van der Waals surface area contributed by atoms with Crippen LogP contribution in [0.5, 0.6) is 0 Å². The maximum atomic E-state index is 12.5. The highest BCUT2D eigenvalue weighted by Gasteiger charge is 2.14. The number of aromatic nitrogens is 3. The first kappa shape index (κ1) is 17.4. The summed E-state index contributed by atoms with van der Waals surface area (Å²) in [6.07, 6.45) is 5.28. The Labute approximate surface area is 161 Å². The third kappa shape index (κ3) is 4.06. The van der Waals surface area contributed by atoms with E-state index in [-0.39, 0.29) is 12.5 Å². The second-order valence-electron chi connectivity index (χ2n) is 6.28. The van der Waals surface area contributed by atoms with E-state index in [9.17, 15) is 4.79 Å². The van der Waals surface area contributed by atoms with Crippen LogP contribution >= 0.6 is 11.3 Å². The molecule has 0 aromatic carbocycles. The summed E-state index contributed by atoms with van der Waals surface area (Å²) in [6.45, 7) is 0.897. The smallest absolute Gasteiger partial charge is 0.240 e. The molecule has 0 bridgehead atoms. The molecular weight excluding hydrogens is 356 g/mol. The monoisotopic (exact) mass is 376 g/mol. The number of fused-ring (bicyclic) bond motifs is 1. The number of nitrogens with one attached hydrogen (secondary N) is 1. The Balaban J connectivity index is 1.43. The van der Waals surface area contributed by atoms with Crippen molar-refractivity contribution in [2.45, 2.75) is 19.4 Å². The third-order valence-corrected chi connectivity index (χ3v) is 5.28. The Bertz CT molecular complexity index is 1020. The van der Waals surface area contributed by atoms with E-state index in [2.05, 4.69) is 27.4 Å². The van der Waals surface area contributed by atoms with Crippen molar-refractivity contribution in [2.75, 3.05) is 6.54 Å². The van der Waals surface area contributed by atoms with Gasteiger partial charge in [-0.3, -0.25) is 9.78 Å². The van der Waals surface area contributed by atoms with Crippen LogP contribution in [0.3, 0.4) is 0 Å². The highest BCUT2D eigenvalue weighted by atomic mass is 32.1. The Morgan fingerprint density at radius 1 is 1.07 bits per heavy atom. The quantitative estimate of drug-likeness (QED) is 0.498. The van der Waals surface area contributed by atoms with Crippen molar-refractivity contribution in [3.05, 3.63) is 72.0 Å². The van der Waals surface area contributed by atoms with Gasteiger partial charge in [0.1, 0.15) is 12.2 Å². The molecule has 4 rings (SSSR count). The van der Waals surface area contributed by atoms with Gasteiger partial charge < -0.3 is 9.88 Å². The van der Waals surface area contributed by atoms with E-state index in [1.54, 1.807) is 23.7 Å². The van der Waals surface area contributed by atoms with Crippen molar-refractivity contribution in [3.63, 3.8) is 0 Å². The molecule has 136 valence electrons. The Kier molecular flexibility index (Phi) is 5.25. The summed E-state index contributed by atoms with van der Waals surface area (Å²) in [5, 5.41) is 6.11. The molecule has 0 aliphatic rings. The summed E-state index contributed by atoms with van der Waals surface area (Å²) >= 11 is 1.66. The molecule has 0 aliphatic heterocycles. The summed E-state index contributed by atoms with van der Waals surface area (Å²) < 4.78 is 2.00. The molecule has 0 unspecified atom stereocenters. The van der Waals surface area contributed by atoms with Crippen LogP contribution < -0.4 is 5.32 Å². The van der Waals surface area contributed by atoms with Gasteiger partial charge in [-0.25, -0.2) is 4.98 Å². The SMILES string of the molecule is O=C(Cn1c(-c2cccs2)cc2cccnc21)NCCCc1ccccn1. The van der Waals surface area contributed by atoms with Crippen LogP contribution in [0.2, 0.25) is 0 Å². The van der Waals surface area contributed by atoms with Crippen molar-refractivity contribution in [1.82, 2.24) is 19.9 Å². The second kappa shape index (κ2) is 8.14. The van der Waals surface area contributed by atoms with Crippen molar-refractivity contribution < 1.29 is 4.79 Å². The van der Waals surface area contributed by atoms with Crippen LogP contribution in [0.4, 0.5) is 0 Å². The molecule has 0 saturated heterocycles. The number of thiophene rings is 1. The normalized spacial score (nSPS) is 11.0. The second-order valence-corrected chi connectivity index (χ2v) is 7.23. The van der Waals surface area contributed by atoms with Gasteiger partial charge in [-0.05, 0) is 54.6 Å². The Morgan fingerprint density at radius 2 is 2.00 bits per heavy atom. The summed E-state index contributed by atoms with van der Waals surface area (Å²) in [4.78, 5) is 22.4. The first-order chi connectivity index (χ1) is 13.3. The minimum absolute atomic E-state index is 0.00280. The van der Waals surface area contributed by atoms with E-state index in [4.69, 9.17) is 0 Å². The Morgan fingerprint density at radius 3 is 2.81 bits per heavy atom. The highest BCUT2D eigenvalue weighted by molar-refractivity contribution is 7.13. The maximum Gasteiger partial charge on any atom is 0.240 e. The first-order valence-corrected chi connectivity index (χ1v) is 9.84. The number of rotatable bonds is 7. The third-order valence-electron chi connectivity index (χ3n) is 4.39. The zero-order chi connectivity index (χ0) is 18.5.